The molecule has 27 heavy (non-hydrogen) atoms. The molecule has 3 aliphatic heterocycles. The normalized spacial score (nSPS) is 25.2. The number of amides is 2. The number of hydrogen-bond donors (Lipinski definition) is 0. The topological polar surface area (TPSA) is 59.1 Å². The predicted molar refractivity (Wildman–Crippen MR) is 101 cm³/mol. The van der Waals surface area contributed by atoms with Crippen LogP contribution in [0.25, 0.3) is 0 Å². The summed E-state index contributed by atoms with van der Waals surface area (Å²) in [5.74, 6) is 1.53. The van der Waals surface area contributed by atoms with E-state index in [2.05, 4.69) is 0 Å². The summed E-state index contributed by atoms with van der Waals surface area (Å²) >= 11 is 0. The lowest BCUT2D eigenvalue weighted by molar-refractivity contribution is -0.136. The van der Waals surface area contributed by atoms with Gasteiger partial charge in [-0.05, 0) is 44.4 Å². The summed E-state index contributed by atoms with van der Waals surface area (Å²) in [6, 6.07) is 6.22. The van der Waals surface area contributed by atoms with Crippen LogP contribution in [-0.4, -0.2) is 54.0 Å². The summed E-state index contributed by atoms with van der Waals surface area (Å²) in [6.07, 6.45) is 3.14. The number of hydrogen-bond acceptors (Lipinski definition) is 4. The monoisotopic (exact) mass is 372 g/mol. The molecule has 1 aromatic rings. The maximum absolute atomic E-state index is 13.2. The molecule has 2 amide bonds. The zero-order valence-electron chi connectivity index (χ0n) is 16.1. The first-order chi connectivity index (χ1) is 13.0. The summed E-state index contributed by atoms with van der Waals surface area (Å²) in [7, 11) is 0. The summed E-state index contributed by atoms with van der Waals surface area (Å²) in [5.41, 5.74) is 1.09. The third kappa shape index (κ3) is 3.49. The number of likely N-dealkylation sites (tertiary alicyclic amines) is 2. The number of carbonyl (C=O) groups excluding carboxylic acids is 2. The van der Waals surface area contributed by atoms with Crippen molar-refractivity contribution in [3.8, 4) is 11.5 Å². The molecule has 0 aromatic heterocycles. The molecule has 1 aromatic carbocycles. The van der Waals surface area contributed by atoms with Crippen molar-refractivity contribution < 1.29 is 19.1 Å². The number of fused-ring (bicyclic) bond motifs is 1. The molecule has 6 nitrogen and oxygen atoms in total. The van der Waals surface area contributed by atoms with Crippen molar-refractivity contribution in [3.05, 3.63) is 23.8 Å². The van der Waals surface area contributed by atoms with E-state index in [1.807, 2.05) is 41.8 Å². The van der Waals surface area contributed by atoms with E-state index < -0.39 is 0 Å². The molecule has 2 saturated heterocycles. The van der Waals surface area contributed by atoms with Gasteiger partial charge in [-0.3, -0.25) is 9.59 Å². The van der Waals surface area contributed by atoms with Crippen LogP contribution in [0.2, 0.25) is 0 Å². The summed E-state index contributed by atoms with van der Waals surface area (Å²) < 4.78 is 11.5. The smallest absolute Gasteiger partial charge is 0.228 e. The highest BCUT2D eigenvalue weighted by molar-refractivity contribution is 5.89. The Hall–Kier alpha value is -2.24. The molecule has 0 aliphatic carbocycles. The third-order valence-corrected chi connectivity index (χ3v) is 5.82. The van der Waals surface area contributed by atoms with Crippen LogP contribution in [0.5, 0.6) is 11.5 Å². The van der Waals surface area contributed by atoms with Gasteiger partial charge in [-0.2, -0.15) is 0 Å². The van der Waals surface area contributed by atoms with E-state index in [-0.39, 0.29) is 29.8 Å². The SMILES string of the molecule is CC(C)N1CC(C(=O)N2CCCC2c2ccc3c(c2)OCCCO3)CC1=O. The van der Waals surface area contributed by atoms with Crippen LogP contribution in [0, 0.1) is 5.92 Å². The van der Waals surface area contributed by atoms with Crippen LogP contribution in [0.1, 0.15) is 51.1 Å². The van der Waals surface area contributed by atoms with Crippen molar-refractivity contribution in [2.45, 2.75) is 51.6 Å². The van der Waals surface area contributed by atoms with Crippen LogP contribution in [0.4, 0.5) is 0 Å². The third-order valence-electron chi connectivity index (χ3n) is 5.82. The van der Waals surface area contributed by atoms with Crippen molar-refractivity contribution in [3.63, 3.8) is 0 Å². The first-order valence-electron chi connectivity index (χ1n) is 10.0. The van der Waals surface area contributed by atoms with Gasteiger partial charge in [0.2, 0.25) is 11.8 Å². The zero-order chi connectivity index (χ0) is 19.0. The van der Waals surface area contributed by atoms with E-state index in [0.29, 0.717) is 26.2 Å². The van der Waals surface area contributed by atoms with E-state index in [9.17, 15) is 9.59 Å². The lowest BCUT2D eigenvalue weighted by Crippen LogP contribution is -2.38. The highest BCUT2D eigenvalue weighted by Crippen LogP contribution is 2.39. The predicted octanol–water partition coefficient (Wildman–Crippen LogP) is 2.77. The second-order valence-corrected chi connectivity index (χ2v) is 7.99. The quantitative estimate of drug-likeness (QED) is 0.819. The number of carbonyl (C=O) groups is 2. The Morgan fingerprint density at radius 2 is 1.93 bits per heavy atom. The Morgan fingerprint density at radius 1 is 1.15 bits per heavy atom. The van der Waals surface area contributed by atoms with Crippen molar-refractivity contribution in [1.82, 2.24) is 9.80 Å². The minimum atomic E-state index is -0.221. The van der Waals surface area contributed by atoms with Crippen molar-refractivity contribution >= 4 is 11.8 Å². The number of benzene rings is 1. The number of rotatable bonds is 3. The van der Waals surface area contributed by atoms with Gasteiger partial charge in [0, 0.05) is 32.0 Å². The Kier molecular flexibility index (Phi) is 4.98. The average molecular weight is 372 g/mol. The first kappa shape index (κ1) is 18.1. The zero-order valence-corrected chi connectivity index (χ0v) is 16.1. The maximum Gasteiger partial charge on any atom is 0.228 e. The Balaban J connectivity index is 1.52. The highest BCUT2D eigenvalue weighted by atomic mass is 16.5. The second-order valence-electron chi connectivity index (χ2n) is 7.99. The molecule has 0 spiro atoms. The second kappa shape index (κ2) is 7.41. The first-order valence-corrected chi connectivity index (χ1v) is 10.0. The molecule has 0 N–H and O–H groups in total. The fraction of sp³-hybridized carbons (Fsp3) is 0.619. The minimum Gasteiger partial charge on any atom is -0.490 e. The molecule has 3 heterocycles. The van der Waals surface area contributed by atoms with Crippen molar-refractivity contribution in [1.29, 1.82) is 0 Å². The van der Waals surface area contributed by atoms with Crippen molar-refractivity contribution in [2.75, 3.05) is 26.3 Å². The van der Waals surface area contributed by atoms with Crippen LogP contribution in [-0.2, 0) is 9.59 Å². The molecule has 2 fully saturated rings. The standard InChI is InChI=1S/C21H28N2O4/c1-14(2)23-13-16(12-20(23)24)21(25)22-8-3-5-17(22)15-6-7-18-19(11-15)27-10-4-9-26-18/h6-7,11,14,16-17H,3-5,8-10,12-13H2,1-2H3. The van der Waals surface area contributed by atoms with Gasteiger partial charge in [0.1, 0.15) is 0 Å². The summed E-state index contributed by atoms with van der Waals surface area (Å²) in [6.45, 7) is 6.62. The van der Waals surface area contributed by atoms with Gasteiger partial charge in [-0.25, -0.2) is 0 Å². The van der Waals surface area contributed by atoms with Gasteiger partial charge in [0.05, 0.1) is 25.2 Å². The van der Waals surface area contributed by atoms with E-state index in [1.54, 1.807) is 0 Å². The molecule has 6 heteroatoms. The Bertz CT molecular complexity index is 733. The molecular formula is C21H28N2O4. The minimum absolute atomic E-state index is 0.0536. The summed E-state index contributed by atoms with van der Waals surface area (Å²) in [5, 5.41) is 0. The fourth-order valence-electron chi connectivity index (χ4n) is 4.39. The van der Waals surface area contributed by atoms with Crippen molar-refractivity contribution in [2.24, 2.45) is 5.92 Å². The van der Waals surface area contributed by atoms with Gasteiger partial charge in [-0.1, -0.05) is 6.07 Å². The molecule has 0 bridgehead atoms. The Labute approximate surface area is 160 Å². The van der Waals surface area contributed by atoms with Gasteiger partial charge < -0.3 is 19.3 Å². The average Bonchev–Trinajstić information content (AvgIpc) is 3.22. The highest BCUT2D eigenvalue weighted by Gasteiger charge is 2.40. The lowest BCUT2D eigenvalue weighted by Gasteiger charge is -2.28. The van der Waals surface area contributed by atoms with Gasteiger partial charge in [-0.15, -0.1) is 0 Å². The van der Waals surface area contributed by atoms with E-state index >= 15 is 0 Å². The maximum atomic E-state index is 13.2. The van der Waals surface area contributed by atoms with Crippen LogP contribution >= 0.6 is 0 Å². The summed E-state index contributed by atoms with van der Waals surface area (Å²) in [4.78, 5) is 29.2. The molecular weight excluding hydrogens is 344 g/mol. The molecule has 146 valence electrons. The Morgan fingerprint density at radius 3 is 2.67 bits per heavy atom. The van der Waals surface area contributed by atoms with Crippen LogP contribution in [0.15, 0.2) is 18.2 Å². The lowest BCUT2D eigenvalue weighted by atomic mass is 10.0. The van der Waals surface area contributed by atoms with E-state index in [0.717, 1.165) is 42.9 Å². The molecule has 0 radical (unpaired) electrons. The van der Waals surface area contributed by atoms with Gasteiger partial charge >= 0.3 is 0 Å². The fourth-order valence-corrected chi connectivity index (χ4v) is 4.39. The number of ether oxygens (including phenoxy) is 2. The molecule has 0 saturated carbocycles. The van der Waals surface area contributed by atoms with Gasteiger partial charge in [0.15, 0.2) is 11.5 Å². The molecule has 3 aliphatic rings. The van der Waals surface area contributed by atoms with Crippen LogP contribution in [0.3, 0.4) is 0 Å². The van der Waals surface area contributed by atoms with Gasteiger partial charge in [0.25, 0.3) is 0 Å². The molecule has 2 atom stereocenters. The largest absolute Gasteiger partial charge is 0.490 e. The van der Waals surface area contributed by atoms with E-state index in [4.69, 9.17) is 9.47 Å². The molecule has 4 rings (SSSR count). The van der Waals surface area contributed by atoms with Crippen LogP contribution < -0.4 is 9.47 Å². The molecule has 2 unspecified atom stereocenters. The van der Waals surface area contributed by atoms with E-state index in [1.165, 1.54) is 0 Å². The number of nitrogens with zero attached hydrogens (tertiary/aromatic N) is 2.